The Morgan fingerprint density at radius 2 is 2.21 bits per heavy atom. The molecule has 0 aliphatic carbocycles. The van der Waals surface area contributed by atoms with E-state index in [9.17, 15) is 8.42 Å². The number of sulfonamides is 1. The molecule has 1 aromatic carbocycles. The Morgan fingerprint density at radius 3 is 2.84 bits per heavy atom. The zero-order valence-electron chi connectivity index (χ0n) is 11.3. The number of benzene rings is 1. The highest BCUT2D eigenvalue weighted by atomic mass is 32.2. The Balaban J connectivity index is 2.25. The first kappa shape index (κ1) is 14.8. The van der Waals surface area contributed by atoms with Gasteiger partial charge < -0.3 is 5.32 Å². The van der Waals surface area contributed by atoms with E-state index in [0.29, 0.717) is 11.4 Å². The summed E-state index contributed by atoms with van der Waals surface area (Å²) < 4.78 is 27.7. The molecular weight excluding hydrogens is 280 g/mol. The van der Waals surface area contributed by atoms with Crippen LogP contribution >= 0.6 is 11.8 Å². The van der Waals surface area contributed by atoms with E-state index < -0.39 is 10.0 Å². The molecule has 0 aromatic heterocycles. The van der Waals surface area contributed by atoms with Crippen molar-refractivity contribution in [1.29, 1.82) is 0 Å². The first-order valence-electron chi connectivity index (χ1n) is 6.37. The Morgan fingerprint density at radius 1 is 1.42 bits per heavy atom. The van der Waals surface area contributed by atoms with Crippen LogP contribution in [0.3, 0.4) is 0 Å². The van der Waals surface area contributed by atoms with Crippen LogP contribution in [0.15, 0.2) is 23.1 Å². The summed E-state index contributed by atoms with van der Waals surface area (Å²) in [6.07, 6.45) is 0.916. The number of rotatable bonds is 5. The third-order valence-electron chi connectivity index (χ3n) is 3.17. The van der Waals surface area contributed by atoms with Crippen molar-refractivity contribution in [3.8, 4) is 0 Å². The Bertz CT molecular complexity index is 538. The fourth-order valence-corrected chi connectivity index (χ4v) is 4.98. The molecule has 0 radical (unpaired) electrons. The molecule has 1 fully saturated rings. The van der Waals surface area contributed by atoms with Gasteiger partial charge in [0.15, 0.2) is 0 Å². The lowest BCUT2D eigenvalue weighted by Gasteiger charge is -2.14. The fourth-order valence-electron chi connectivity index (χ4n) is 2.16. The summed E-state index contributed by atoms with van der Waals surface area (Å²) >= 11 is 1.80. The lowest BCUT2D eigenvalue weighted by atomic mass is 10.1. The summed E-state index contributed by atoms with van der Waals surface area (Å²) in [5.41, 5.74) is 1.77. The molecule has 0 spiro atoms. The molecule has 4 nitrogen and oxygen atoms in total. The summed E-state index contributed by atoms with van der Waals surface area (Å²) in [6, 6.07) is 5.65. The van der Waals surface area contributed by atoms with Crippen molar-refractivity contribution >= 4 is 21.8 Å². The number of aryl methyl sites for hydroxylation is 1. The van der Waals surface area contributed by atoms with Gasteiger partial charge in [-0.25, -0.2) is 13.1 Å². The zero-order chi connectivity index (χ0) is 13.9. The Labute approximate surface area is 119 Å². The predicted molar refractivity (Wildman–Crippen MR) is 80.0 cm³/mol. The van der Waals surface area contributed by atoms with E-state index in [-0.39, 0.29) is 6.04 Å². The predicted octanol–water partition coefficient (Wildman–Crippen LogP) is 1.50. The molecule has 1 aromatic rings. The van der Waals surface area contributed by atoms with Gasteiger partial charge in [0.1, 0.15) is 0 Å². The van der Waals surface area contributed by atoms with Gasteiger partial charge >= 0.3 is 0 Å². The molecule has 19 heavy (non-hydrogen) atoms. The Kier molecular flexibility index (Phi) is 4.89. The van der Waals surface area contributed by atoms with Gasteiger partial charge in [-0.15, -0.1) is 0 Å². The van der Waals surface area contributed by atoms with Gasteiger partial charge in [-0.3, -0.25) is 0 Å². The van der Waals surface area contributed by atoms with Crippen LogP contribution in [0.4, 0.5) is 0 Å². The van der Waals surface area contributed by atoms with Crippen LogP contribution in [0, 0.1) is 6.92 Å². The van der Waals surface area contributed by atoms with Gasteiger partial charge in [0.05, 0.1) is 4.90 Å². The van der Waals surface area contributed by atoms with Crippen molar-refractivity contribution in [3.05, 3.63) is 29.3 Å². The molecule has 2 rings (SSSR count). The summed E-state index contributed by atoms with van der Waals surface area (Å²) in [7, 11) is -1.56. The van der Waals surface area contributed by atoms with Crippen LogP contribution in [0.25, 0.3) is 0 Å². The minimum absolute atomic E-state index is 0.0716. The SMILES string of the molecule is CNCc1ccc(C)c(S(=O)(=O)NC2CCSC2)c1. The molecule has 0 saturated carbocycles. The molecule has 1 unspecified atom stereocenters. The molecule has 0 amide bonds. The van der Waals surface area contributed by atoms with Gasteiger partial charge in [0.25, 0.3) is 0 Å². The Hall–Kier alpha value is -0.560. The van der Waals surface area contributed by atoms with E-state index in [2.05, 4.69) is 10.0 Å². The van der Waals surface area contributed by atoms with Gasteiger partial charge in [0.2, 0.25) is 10.0 Å². The second-order valence-corrected chi connectivity index (χ2v) is 7.64. The highest BCUT2D eigenvalue weighted by molar-refractivity contribution is 7.99. The normalized spacial score (nSPS) is 19.8. The van der Waals surface area contributed by atoms with Crippen LogP contribution in [-0.2, 0) is 16.6 Å². The zero-order valence-corrected chi connectivity index (χ0v) is 12.9. The highest BCUT2D eigenvalue weighted by Crippen LogP contribution is 2.22. The maximum atomic E-state index is 12.4. The summed E-state index contributed by atoms with van der Waals surface area (Å²) in [5.74, 6) is 1.90. The monoisotopic (exact) mass is 300 g/mol. The van der Waals surface area contributed by atoms with Crippen molar-refractivity contribution in [1.82, 2.24) is 10.0 Å². The summed E-state index contributed by atoms with van der Waals surface area (Å²) in [6.45, 7) is 2.50. The second-order valence-electron chi connectivity index (χ2n) is 4.81. The van der Waals surface area contributed by atoms with Crippen molar-refractivity contribution in [2.45, 2.75) is 30.8 Å². The van der Waals surface area contributed by atoms with E-state index in [1.165, 1.54) is 0 Å². The molecule has 0 bridgehead atoms. The largest absolute Gasteiger partial charge is 0.316 e. The van der Waals surface area contributed by atoms with E-state index in [0.717, 1.165) is 29.1 Å². The molecule has 1 saturated heterocycles. The van der Waals surface area contributed by atoms with Crippen LogP contribution < -0.4 is 10.0 Å². The minimum Gasteiger partial charge on any atom is -0.316 e. The van der Waals surface area contributed by atoms with Crippen molar-refractivity contribution in [2.24, 2.45) is 0 Å². The smallest absolute Gasteiger partial charge is 0.241 e. The van der Waals surface area contributed by atoms with Gasteiger partial charge in [-0.05, 0) is 43.3 Å². The maximum absolute atomic E-state index is 12.4. The first-order chi connectivity index (χ1) is 9.03. The molecular formula is C13H20N2O2S2. The second kappa shape index (κ2) is 6.26. The van der Waals surface area contributed by atoms with Crippen molar-refractivity contribution in [3.63, 3.8) is 0 Å². The quantitative estimate of drug-likeness (QED) is 0.865. The molecule has 1 aliphatic heterocycles. The average Bonchev–Trinajstić information content (AvgIpc) is 2.84. The standard InChI is InChI=1S/C13H20N2O2S2/c1-10-3-4-11(8-14-2)7-13(10)19(16,17)15-12-5-6-18-9-12/h3-4,7,12,14-15H,5-6,8-9H2,1-2H3. The molecule has 1 atom stereocenters. The third kappa shape index (κ3) is 3.72. The maximum Gasteiger partial charge on any atom is 0.241 e. The van der Waals surface area contributed by atoms with E-state index in [1.807, 2.05) is 26.1 Å². The number of thioether (sulfide) groups is 1. The fraction of sp³-hybridized carbons (Fsp3) is 0.538. The molecule has 6 heteroatoms. The van der Waals surface area contributed by atoms with Crippen LogP contribution in [0.1, 0.15) is 17.5 Å². The molecule has 2 N–H and O–H groups in total. The van der Waals surface area contributed by atoms with E-state index in [1.54, 1.807) is 17.8 Å². The average molecular weight is 300 g/mol. The van der Waals surface area contributed by atoms with Crippen molar-refractivity contribution < 1.29 is 8.42 Å². The number of hydrogen-bond acceptors (Lipinski definition) is 4. The lowest BCUT2D eigenvalue weighted by molar-refractivity contribution is 0.562. The van der Waals surface area contributed by atoms with Gasteiger partial charge in [0, 0.05) is 18.3 Å². The number of hydrogen-bond donors (Lipinski definition) is 2. The molecule has 106 valence electrons. The topological polar surface area (TPSA) is 58.2 Å². The third-order valence-corrected chi connectivity index (χ3v) is 6.00. The van der Waals surface area contributed by atoms with E-state index >= 15 is 0 Å². The first-order valence-corrected chi connectivity index (χ1v) is 9.01. The van der Waals surface area contributed by atoms with E-state index in [4.69, 9.17) is 0 Å². The van der Waals surface area contributed by atoms with Crippen LogP contribution in [0.5, 0.6) is 0 Å². The van der Waals surface area contributed by atoms with Crippen LogP contribution in [-0.4, -0.2) is 33.0 Å². The molecule has 1 heterocycles. The van der Waals surface area contributed by atoms with Gasteiger partial charge in [-0.1, -0.05) is 12.1 Å². The summed E-state index contributed by atoms with van der Waals surface area (Å²) in [5, 5.41) is 3.04. The highest BCUT2D eigenvalue weighted by Gasteiger charge is 2.24. The number of nitrogens with one attached hydrogen (secondary N) is 2. The lowest BCUT2D eigenvalue weighted by Crippen LogP contribution is -2.35. The van der Waals surface area contributed by atoms with Gasteiger partial charge in [-0.2, -0.15) is 11.8 Å². The van der Waals surface area contributed by atoms with Crippen molar-refractivity contribution in [2.75, 3.05) is 18.6 Å². The minimum atomic E-state index is -3.41. The molecule has 1 aliphatic rings. The van der Waals surface area contributed by atoms with Crippen LogP contribution in [0.2, 0.25) is 0 Å². The summed E-state index contributed by atoms with van der Waals surface area (Å²) in [4.78, 5) is 0.400.